The summed E-state index contributed by atoms with van der Waals surface area (Å²) in [5.41, 5.74) is 0. The zero-order chi connectivity index (χ0) is 8.91. The van der Waals surface area contributed by atoms with E-state index in [-0.39, 0.29) is 0 Å². The maximum absolute atomic E-state index is 10.8. The van der Waals surface area contributed by atoms with Crippen molar-refractivity contribution in [1.29, 1.82) is 0 Å². The van der Waals surface area contributed by atoms with E-state index in [1.165, 1.54) is 7.11 Å². The van der Waals surface area contributed by atoms with Crippen molar-refractivity contribution >= 4 is 20.5 Å². The first-order valence-corrected chi connectivity index (χ1v) is 6.66. The minimum atomic E-state index is -1.77. The lowest BCUT2D eigenvalue weighted by Crippen LogP contribution is -2.29. The summed E-state index contributed by atoms with van der Waals surface area (Å²) in [5.74, 6) is -0.439. The van der Waals surface area contributed by atoms with Gasteiger partial charge in [0.05, 0.1) is 0 Å². The van der Waals surface area contributed by atoms with Gasteiger partial charge in [-0.25, -0.2) is 4.79 Å². The smallest absolute Gasteiger partial charge is 0.339 e. The first kappa shape index (κ1) is 10.2. The van der Waals surface area contributed by atoms with Gasteiger partial charge in [0.25, 0.3) is 0 Å². The number of oxime groups is 1. The normalized spacial score (nSPS) is 11.6. The first-order chi connectivity index (χ1) is 4.95. The summed E-state index contributed by atoms with van der Waals surface area (Å²) in [6.07, 6.45) is 1.03. The molecule has 0 saturated heterocycles. The average Bonchev–Trinajstić information content (AvgIpc) is 1.79. The molecule has 0 fully saturated rings. The van der Waals surface area contributed by atoms with Crippen molar-refractivity contribution in [2.24, 2.45) is 5.16 Å². The van der Waals surface area contributed by atoms with Crippen LogP contribution < -0.4 is 0 Å². The molecule has 0 aliphatic rings. The molecule has 5 heteroatoms. The van der Waals surface area contributed by atoms with E-state index in [4.69, 9.17) is 4.43 Å². The van der Waals surface area contributed by atoms with Crippen LogP contribution >= 0.6 is 0 Å². The molecule has 64 valence electrons. The fourth-order valence-electron chi connectivity index (χ4n) is 0.424. The van der Waals surface area contributed by atoms with Crippen LogP contribution in [0.4, 0.5) is 0 Å². The third kappa shape index (κ3) is 7.05. The Labute approximate surface area is 67.3 Å². The van der Waals surface area contributed by atoms with Gasteiger partial charge in [-0.15, -0.1) is 0 Å². The second-order valence-electron chi connectivity index (χ2n) is 2.95. The van der Waals surface area contributed by atoms with Crippen molar-refractivity contribution < 1.29 is 14.1 Å². The van der Waals surface area contributed by atoms with Gasteiger partial charge in [0.1, 0.15) is 13.3 Å². The Hall–Kier alpha value is -0.843. The minimum absolute atomic E-state index is 0.439. The van der Waals surface area contributed by atoms with Crippen LogP contribution in [0.5, 0.6) is 0 Å². The van der Waals surface area contributed by atoms with E-state index in [1.807, 2.05) is 19.6 Å². The highest BCUT2D eigenvalue weighted by atomic mass is 28.4. The molecule has 0 aromatic carbocycles. The summed E-state index contributed by atoms with van der Waals surface area (Å²) >= 11 is 0. The molecule has 0 heterocycles. The lowest BCUT2D eigenvalue weighted by molar-refractivity contribution is -0.127. The van der Waals surface area contributed by atoms with E-state index in [0.717, 1.165) is 6.21 Å². The zero-order valence-electron chi connectivity index (χ0n) is 7.25. The molecule has 0 saturated carbocycles. The van der Waals surface area contributed by atoms with E-state index < -0.39 is 14.3 Å². The lowest BCUT2D eigenvalue weighted by Gasteiger charge is -2.14. The molecule has 0 aliphatic heterocycles. The molecule has 0 atom stereocenters. The first-order valence-electron chi connectivity index (χ1n) is 3.25. The Balaban J connectivity index is 3.80. The lowest BCUT2D eigenvalue weighted by atomic mass is 10.8. The van der Waals surface area contributed by atoms with E-state index in [9.17, 15) is 4.79 Å². The van der Waals surface area contributed by atoms with Crippen LogP contribution in [0, 0.1) is 0 Å². The molecule has 0 spiro atoms. The SMILES string of the molecule is CO/N=C/C(=O)O[Si](C)(C)C. The predicted molar refractivity (Wildman–Crippen MR) is 44.9 cm³/mol. The maximum Gasteiger partial charge on any atom is 0.339 e. The topological polar surface area (TPSA) is 47.9 Å². The van der Waals surface area contributed by atoms with Crippen LogP contribution in [-0.2, 0) is 14.1 Å². The molecule has 0 aliphatic carbocycles. The average molecular weight is 175 g/mol. The molecule has 0 radical (unpaired) electrons. The highest BCUT2D eigenvalue weighted by molar-refractivity contribution is 6.72. The number of carbonyl (C=O) groups is 1. The summed E-state index contributed by atoms with van der Waals surface area (Å²) in [6.45, 7) is 5.77. The van der Waals surface area contributed by atoms with Crippen molar-refractivity contribution in [3.8, 4) is 0 Å². The predicted octanol–water partition coefficient (Wildman–Crippen LogP) is 0.997. The summed E-state index contributed by atoms with van der Waals surface area (Å²) in [4.78, 5) is 15.1. The monoisotopic (exact) mass is 175 g/mol. The molecule has 0 unspecified atom stereocenters. The highest BCUT2D eigenvalue weighted by Crippen LogP contribution is 2.01. The molecule has 0 rings (SSSR count). The number of hydrogen-bond acceptors (Lipinski definition) is 4. The Morgan fingerprint density at radius 3 is 2.36 bits per heavy atom. The van der Waals surface area contributed by atoms with E-state index in [1.54, 1.807) is 0 Å². The number of hydrogen-bond donors (Lipinski definition) is 0. The number of nitrogens with zero attached hydrogens (tertiary/aromatic N) is 1. The summed E-state index contributed by atoms with van der Waals surface area (Å²) in [6, 6.07) is 0. The van der Waals surface area contributed by atoms with Crippen LogP contribution in [-0.4, -0.2) is 27.6 Å². The third-order valence-electron chi connectivity index (χ3n) is 0.670. The van der Waals surface area contributed by atoms with Crippen LogP contribution in [0.3, 0.4) is 0 Å². The quantitative estimate of drug-likeness (QED) is 0.365. The van der Waals surface area contributed by atoms with Crippen molar-refractivity contribution in [1.82, 2.24) is 0 Å². The second-order valence-corrected chi connectivity index (χ2v) is 7.38. The molecule has 0 N–H and O–H groups in total. The highest BCUT2D eigenvalue weighted by Gasteiger charge is 2.18. The largest absolute Gasteiger partial charge is 0.516 e. The summed E-state index contributed by atoms with van der Waals surface area (Å²) in [7, 11) is -0.393. The van der Waals surface area contributed by atoms with Crippen molar-refractivity contribution in [3.63, 3.8) is 0 Å². The Morgan fingerprint density at radius 1 is 1.45 bits per heavy atom. The Kier molecular flexibility index (Phi) is 3.81. The number of carbonyl (C=O) groups excluding carboxylic acids is 1. The van der Waals surface area contributed by atoms with Crippen LogP contribution in [0.25, 0.3) is 0 Å². The zero-order valence-corrected chi connectivity index (χ0v) is 8.25. The standard InChI is InChI=1S/C6H13NO3Si/c1-9-7-5-6(8)10-11(2,3)4/h5H,1-4H3/b7-5+. The molecule has 4 nitrogen and oxygen atoms in total. The molecule has 0 bridgehead atoms. The summed E-state index contributed by atoms with van der Waals surface area (Å²) in [5, 5.41) is 3.28. The molecular weight excluding hydrogens is 162 g/mol. The van der Waals surface area contributed by atoms with Gasteiger partial charge in [-0.1, -0.05) is 5.16 Å². The van der Waals surface area contributed by atoms with Gasteiger partial charge in [-0.05, 0) is 19.6 Å². The Bertz CT molecular complexity index is 162. The van der Waals surface area contributed by atoms with Gasteiger partial charge >= 0.3 is 5.97 Å². The summed E-state index contributed by atoms with van der Waals surface area (Å²) < 4.78 is 5.01. The molecule has 0 aromatic heterocycles. The van der Waals surface area contributed by atoms with Crippen LogP contribution in [0.15, 0.2) is 5.16 Å². The molecule has 0 amide bonds. The van der Waals surface area contributed by atoms with Gasteiger partial charge in [0, 0.05) is 0 Å². The minimum Gasteiger partial charge on any atom is -0.516 e. The van der Waals surface area contributed by atoms with Gasteiger partial charge < -0.3 is 9.26 Å². The van der Waals surface area contributed by atoms with Gasteiger partial charge in [0.2, 0.25) is 8.32 Å². The van der Waals surface area contributed by atoms with E-state index >= 15 is 0 Å². The second kappa shape index (κ2) is 4.12. The van der Waals surface area contributed by atoms with Gasteiger partial charge in [-0.2, -0.15) is 0 Å². The molecule has 0 aromatic rings. The number of rotatable bonds is 3. The van der Waals surface area contributed by atoms with Crippen molar-refractivity contribution in [3.05, 3.63) is 0 Å². The fourth-order valence-corrected chi connectivity index (χ4v) is 1.08. The van der Waals surface area contributed by atoms with Crippen LogP contribution in [0.1, 0.15) is 0 Å². The maximum atomic E-state index is 10.8. The molecular formula is C6H13NO3Si. The van der Waals surface area contributed by atoms with Crippen LogP contribution in [0.2, 0.25) is 19.6 Å². The van der Waals surface area contributed by atoms with E-state index in [0.29, 0.717) is 0 Å². The Morgan fingerprint density at radius 2 is 2.00 bits per heavy atom. The third-order valence-corrected chi connectivity index (χ3v) is 1.48. The van der Waals surface area contributed by atoms with Crippen molar-refractivity contribution in [2.75, 3.05) is 7.11 Å². The van der Waals surface area contributed by atoms with Gasteiger partial charge in [-0.3, -0.25) is 0 Å². The van der Waals surface area contributed by atoms with E-state index in [2.05, 4.69) is 9.99 Å². The van der Waals surface area contributed by atoms with Gasteiger partial charge in [0.15, 0.2) is 0 Å². The molecule has 11 heavy (non-hydrogen) atoms. The fraction of sp³-hybridized carbons (Fsp3) is 0.667. The van der Waals surface area contributed by atoms with Crippen molar-refractivity contribution in [2.45, 2.75) is 19.6 Å².